The van der Waals surface area contributed by atoms with Gasteiger partial charge in [0, 0.05) is 6.54 Å². The van der Waals surface area contributed by atoms with Crippen LogP contribution >= 0.6 is 0 Å². The molecular weight excluding hydrogens is 474 g/mol. The van der Waals surface area contributed by atoms with Gasteiger partial charge in [-0.25, -0.2) is 4.79 Å². The van der Waals surface area contributed by atoms with Crippen LogP contribution in [0, 0.1) is 0 Å². The van der Waals surface area contributed by atoms with Crippen LogP contribution in [0.3, 0.4) is 0 Å². The molecule has 0 unspecified atom stereocenters. The summed E-state index contributed by atoms with van der Waals surface area (Å²) in [6, 6.07) is 15.7. The molecule has 2 aromatic carbocycles. The van der Waals surface area contributed by atoms with Gasteiger partial charge in [-0.15, -0.1) is 0 Å². The molecule has 2 atom stereocenters. The van der Waals surface area contributed by atoms with Crippen LogP contribution in [0.5, 0.6) is 0 Å². The maximum atomic E-state index is 14.9. The molecule has 8 nitrogen and oxygen atoms in total. The van der Waals surface area contributed by atoms with E-state index in [0.717, 1.165) is 5.56 Å². The SMILES string of the molecule is CC(C)(C)OC(=O)N[C@@H](Cc1ccccc1)[C@@H](O)C(F)(F)C(=O)NCCC(=O)OCc1ccccc1. The van der Waals surface area contributed by atoms with Gasteiger partial charge in [0.25, 0.3) is 5.91 Å². The Balaban J connectivity index is 1.97. The maximum Gasteiger partial charge on any atom is 0.407 e. The number of nitrogens with one attached hydrogen (secondary N) is 2. The minimum absolute atomic E-state index is 0.0139. The van der Waals surface area contributed by atoms with Crippen molar-refractivity contribution in [2.24, 2.45) is 0 Å². The van der Waals surface area contributed by atoms with E-state index in [9.17, 15) is 28.3 Å². The van der Waals surface area contributed by atoms with Crippen LogP contribution in [0.15, 0.2) is 60.7 Å². The van der Waals surface area contributed by atoms with Crippen LogP contribution < -0.4 is 10.6 Å². The van der Waals surface area contributed by atoms with Crippen molar-refractivity contribution >= 4 is 18.0 Å². The quantitative estimate of drug-likeness (QED) is 0.403. The lowest BCUT2D eigenvalue weighted by Gasteiger charge is -2.30. The van der Waals surface area contributed by atoms with Gasteiger partial charge in [-0.1, -0.05) is 60.7 Å². The third kappa shape index (κ3) is 9.61. The topological polar surface area (TPSA) is 114 Å². The van der Waals surface area contributed by atoms with Crippen molar-refractivity contribution < 1.29 is 37.7 Å². The van der Waals surface area contributed by atoms with E-state index in [1.165, 1.54) is 0 Å². The van der Waals surface area contributed by atoms with E-state index >= 15 is 0 Å². The van der Waals surface area contributed by atoms with E-state index in [2.05, 4.69) is 5.32 Å². The molecule has 196 valence electrons. The molecule has 0 spiro atoms. The van der Waals surface area contributed by atoms with Crippen molar-refractivity contribution in [1.29, 1.82) is 0 Å². The Morgan fingerprint density at radius 1 is 0.944 bits per heavy atom. The number of hydrogen-bond acceptors (Lipinski definition) is 6. The number of esters is 1. The second kappa shape index (κ2) is 13.0. The maximum absolute atomic E-state index is 14.9. The zero-order valence-corrected chi connectivity index (χ0v) is 20.5. The standard InChI is InChI=1S/C26H32F2N2O6/c1-25(2,3)36-24(34)30-20(16-18-10-6-4-7-11-18)22(32)26(27,28)23(33)29-15-14-21(31)35-17-19-12-8-5-9-13-19/h4-13,20,22,32H,14-17H2,1-3H3,(H,29,33)(H,30,34)/t20-,22+/m0/s1. The number of aliphatic hydroxyl groups is 1. The molecule has 2 amide bonds. The van der Waals surface area contributed by atoms with Gasteiger partial charge in [0.2, 0.25) is 0 Å². The highest BCUT2D eigenvalue weighted by Gasteiger charge is 2.50. The zero-order valence-electron chi connectivity index (χ0n) is 20.5. The molecule has 0 aromatic heterocycles. The Morgan fingerprint density at radius 2 is 1.50 bits per heavy atom. The van der Waals surface area contributed by atoms with E-state index < -0.39 is 48.2 Å². The first-order chi connectivity index (χ1) is 16.9. The molecule has 0 aliphatic carbocycles. The van der Waals surface area contributed by atoms with E-state index in [1.54, 1.807) is 75.4 Å². The second-order valence-corrected chi connectivity index (χ2v) is 9.16. The third-order valence-corrected chi connectivity index (χ3v) is 4.91. The number of alkyl halides is 2. The summed E-state index contributed by atoms with van der Waals surface area (Å²) in [7, 11) is 0. The summed E-state index contributed by atoms with van der Waals surface area (Å²) in [6.07, 6.45) is -4.11. The molecule has 10 heteroatoms. The molecule has 0 aliphatic rings. The van der Waals surface area contributed by atoms with Gasteiger partial charge < -0.3 is 25.2 Å². The summed E-state index contributed by atoms with van der Waals surface area (Å²) in [5.74, 6) is -6.74. The highest BCUT2D eigenvalue weighted by Crippen LogP contribution is 2.24. The molecule has 0 heterocycles. The van der Waals surface area contributed by atoms with Crippen molar-refractivity contribution in [2.75, 3.05) is 6.54 Å². The summed E-state index contributed by atoms with van der Waals surface area (Å²) < 4.78 is 39.9. The van der Waals surface area contributed by atoms with Gasteiger partial charge in [-0.2, -0.15) is 8.78 Å². The third-order valence-electron chi connectivity index (χ3n) is 4.91. The largest absolute Gasteiger partial charge is 0.461 e. The first-order valence-electron chi connectivity index (χ1n) is 11.5. The van der Waals surface area contributed by atoms with Crippen LogP contribution in [-0.4, -0.2) is 53.3 Å². The van der Waals surface area contributed by atoms with Crippen LogP contribution in [0.2, 0.25) is 0 Å². The fourth-order valence-electron chi connectivity index (χ4n) is 3.16. The number of benzene rings is 2. The van der Waals surface area contributed by atoms with Crippen molar-refractivity contribution in [3.8, 4) is 0 Å². The van der Waals surface area contributed by atoms with Gasteiger partial charge in [0.05, 0.1) is 12.5 Å². The highest BCUT2D eigenvalue weighted by molar-refractivity contribution is 5.84. The predicted octanol–water partition coefficient (Wildman–Crippen LogP) is 3.37. The van der Waals surface area contributed by atoms with E-state index in [4.69, 9.17) is 9.47 Å². The van der Waals surface area contributed by atoms with Gasteiger partial charge in [-0.05, 0) is 38.3 Å². The molecule has 0 fully saturated rings. The van der Waals surface area contributed by atoms with Crippen molar-refractivity contribution in [1.82, 2.24) is 10.6 Å². The van der Waals surface area contributed by atoms with Gasteiger partial charge >= 0.3 is 18.0 Å². The molecule has 3 N–H and O–H groups in total. The Kier molecular flexibility index (Phi) is 10.3. The summed E-state index contributed by atoms with van der Waals surface area (Å²) in [6.45, 7) is 4.39. The fourth-order valence-corrected chi connectivity index (χ4v) is 3.16. The summed E-state index contributed by atoms with van der Waals surface area (Å²) in [5, 5.41) is 14.7. The Bertz CT molecular complexity index is 996. The smallest absolute Gasteiger partial charge is 0.407 e. The van der Waals surface area contributed by atoms with E-state index in [-0.39, 0.29) is 19.4 Å². The lowest BCUT2D eigenvalue weighted by molar-refractivity contribution is -0.166. The minimum Gasteiger partial charge on any atom is -0.461 e. The van der Waals surface area contributed by atoms with Crippen LogP contribution in [0.1, 0.15) is 38.3 Å². The number of carbonyl (C=O) groups is 3. The van der Waals surface area contributed by atoms with Crippen molar-refractivity contribution in [2.45, 2.75) is 63.9 Å². The predicted molar refractivity (Wildman–Crippen MR) is 128 cm³/mol. The molecule has 0 radical (unpaired) electrons. The number of hydrogen-bond donors (Lipinski definition) is 3. The number of ether oxygens (including phenoxy) is 2. The van der Waals surface area contributed by atoms with Gasteiger partial charge in [0.1, 0.15) is 18.3 Å². The number of halogens is 2. The Morgan fingerprint density at radius 3 is 2.06 bits per heavy atom. The van der Waals surface area contributed by atoms with Gasteiger partial charge in [0.15, 0.2) is 0 Å². The van der Waals surface area contributed by atoms with Crippen molar-refractivity contribution in [3.63, 3.8) is 0 Å². The second-order valence-electron chi connectivity index (χ2n) is 9.16. The lowest BCUT2D eigenvalue weighted by atomic mass is 9.96. The molecule has 0 saturated heterocycles. The van der Waals surface area contributed by atoms with Gasteiger partial charge in [-0.3, -0.25) is 9.59 Å². The molecule has 2 rings (SSSR count). The average Bonchev–Trinajstić information content (AvgIpc) is 2.82. The Hall–Kier alpha value is -3.53. The van der Waals surface area contributed by atoms with E-state index in [1.807, 2.05) is 11.4 Å². The van der Waals surface area contributed by atoms with Crippen LogP contribution in [0.4, 0.5) is 13.6 Å². The fraction of sp³-hybridized carbons (Fsp3) is 0.423. The normalized spacial score (nSPS) is 13.3. The minimum atomic E-state index is -4.28. The van der Waals surface area contributed by atoms with Crippen LogP contribution in [-0.2, 0) is 32.1 Å². The molecule has 0 saturated carbocycles. The first-order valence-corrected chi connectivity index (χ1v) is 11.5. The summed E-state index contributed by atoms with van der Waals surface area (Å²) in [5.41, 5.74) is 0.405. The number of rotatable bonds is 11. The first kappa shape index (κ1) is 28.7. The summed E-state index contributed by atoms with van der Waals surface area (Å²) in [4.78, 5) is 36.3. The summed E-state index contributed by atoms with van der Waals surface area (Å²) >= 11 is 0. The van der Waals surface area contributed by atoms with Crippen LogP contribution in [0.25, 0.3) is 0 Å². The van der Waals surface area contributed by atoms with E-state index in [0.29, 0.717) is 5.56 Å². The number of alkyl carbamates (subject to hydrolysis) is 1. The number of amides is 2. The molecule has 0 aliphatic heterocycles. The molecule has 0 bridgehead atoms. The zero-order chi connectivity index (χ0) is 26.8. The number of carbonyl (C=O) groups excluding carboxylic acids is 3. The number of aliphatic hydroxyl groups excluding tert-OH is 1. The molecule has 2 aromatic rings. The van der Waals surface area contributed by atoms with Crippen molar-refractivity contribution in [3.05, 3.63) is 71.8 Å². The average molecular weight is 507 g/mol. The highest BCUT2D eigenvalue weighted by atomic mass is 19.3. The monoisotopic (exact) mass is 506 g/mol. The molecular formula is C26H32F2N2O6. The lowest BCUT2D eigenvalue weighted by Crippen LogP contribution is -2.58. The molecule has 36 heavy (non-hydrogen) atoms. The Labute approximate surface area is 209 Å².